The molecular formula is C21H22F3N5O2. The summed E-state index contributed by atoms with van der Waals surface area (Å²) in [6, 6.07) is 10.1. The Morgan fingerprint density at radius 1 is 1.26 bits per heavy atom. The number of aromatic nitrogens is 4. The summed E-state index contributed by atoms with van der Waals surface area (Å²) in [6.45, 7) is 0.614. The Labute approximate surface area is 176 Å². The summed E-state index contributed by atoms with van der Waals surface area (Å²) < 4.78 is 45.4. The van der Waals surface area contributed by atoms with Crippen LogP contribution in [0, 0.1) is 0 Å². The lowest BCUT2D eigenvalue weighted by molar-refractivity contribution is -0.141. The number of hydrogen-bond acceptors (Lipinski definition) is 4. The molecule has 0 bridgehead atoms. The van der Waals surface area contributed by atoms with E-state index in [1.54, 1.807) is 25.3 Å². The zero-order valence-electron chi connectivity index (χ0n) is 16.9. The number of carbonyl (C=O) groups excluding carboxylic acids is 1. The number of aryl methyl sites for hydroxylation is 1. The second-order valence-electron chi connectivity index (χ2n) is 7.45. The predicted octanol–water partition coefficient (Wildman–Crippen LogP) is 4.00. The van der Waals surface area contributed by atoms with Crippen molar-refractivity contribution in [1.82, 2.24) is 25.3 Å². The fourth-order valence-corrected chi connectivity index (χ4v) is 3.33. The van der Waals surface area contributed by atoms with Crippen LogP contribution in [-0.4, -0.2) is 39.5 Å². The number of hydrogen-bond donors (Lipinski definition) is 2. The van der Waals surface area contributed by atoms with E-state index in [2.05, 4.69) is 20.6 Å². The minimum Gasteiger partial charge on any atom is -0.497 e. The summed E-state index contributed by atoms with van der Waals surface area (Å²) in [4.78, 5) is 12.3. The zero-order chi connectivity index (χ0) is 22.0. The second kappa shape index (κ2) is 8.44. The van der Waals surface area contributed by atoms with Crippen molar-refractivity contribution in [2.24, 2.45) is 0 Å². The van der Waals surface area contributed by atoms with Gasteiger partial charge in [-0.15, -0.1) is 0 Å². The Kier molecular flexibility index (Phi) is 5.71. The standard InChI is InChI=1S/C21H22F3N5O2/c1-31-15-7-5-13(6-8-15)16-11-17(27-26-16)20(30)25-9-2-10-29-18(14-3-4-14)12-19(28-29)21(22,23)24/h5-8,11-12,14H,2-4,9-10H2,1H3,(H,25,30)(H,26,27). The highest BCUT2D eigenvalue weighted by Crippen LogP contribution is 2.42. The summed E-state index contributed by atoms with van der Waals surface area (Å²) >= 11 is 0. The number of carbonyl (C=O) groups is 1. The number of alkyl halides is 3. The van der Waals surface area contributed by atoms with Crippen LogP contribution in [0.3, 0.4) is 0 Å². The average molecular weight is 433 g/mol. The Hall–Kier alpha value is -3.30. The number of methoxy groups -OCH3 is 1. The molecular weight excluding hydrogens is 411 g/mol. The van der Waals surface area contributed by atoms with Gasteiger partial charge in [-0.25, -0.2) is 0 Å². The lowest BCUT2D eigenvalue weighted by Gasteiger charge is -2.07. The zero-order valence-corrected chi connectivity index (χ0v) is 16.9. The van der Waals surface area contributed by atoms with Gasteiger partial charge < -0.3 is 10.1 Å². The maximum Gasteiger partial charge on any atom is 0.435 e. The average Bonchev–Trinajstić information content (AvgIpc) is 3.30. The van der Waals surface area contributed by atoms with E-state index in [0.29, 0.717) is 36.6 Å². The Bertz CT molecular complexity index is 1050. The molecule has 31 heavy (non-hydrogen) atoms. The van der Waals surface area contributed by atoms with Gasteiger partial charge in [-0.2, -0.15) is 23.4 Å². The summed E-state index contributed by atoms with van der Waals surface area (Å²) in [6.07, 6.45) is -2.22. The van der Waals surface area contributed by atoms with E-state index in [4.69, 9.17) is 4.74 Å². The molecule has 10 heteroatoms. The molecule has 164 valence electrons. The quantitative estimate of drug-likeness (QED) is 0.526. The van der Waals surface area contributed by atoms with E-state index in [9.17, 15) is 18.0 Å². The van der Waals surface area contributed by atoms with Gasteiger partial charge in [0.05, 0.1) is 12.8 Å². The fourth-order valence-electron chi connectivity index (χ4n) is 3.33. The van der Waals surface area contributed by atoms with Crippen molar-refractivity contribution >= 4 is 5.91 Å². The number of nitrogens with zero attached hydrogens (tertiary/aromatic N) is 3. The van der Waals surface area contributed by atoms with Crippen LogP contribution in [0.5, 0.6) is 5.75 Å². The van der Waals surface area contributed by atoms with Crippen LogP contribution in [0.25, 0.3) is 11.3 Å². The van der Waals surface area contributed by atoms with E-state index in [0.717, 1.165) is 30.2 Å². The molecule has 3 aromatic rings. The molecule has 1 saturated carbocycles. The van der Waals surface area contributed by atoms with Crippen molar-refractivity contribution < 1.29 is 22.7 Å². The second-order valence-corrected chi connectivity index (χ2v) is 7.45. The van der Waals surface area contributed by atoms with Crippen molar-refractivity contribution in [1.29, 1.82) is 0 Å². The summed E-state index contributed by atoms with van der Waals surface area (Å²) in [5.74, 6) is 0.548. The van der Waals surface area contributed by atoms with E-state index < -0.39 is 11.9 Å². The van der Waals surface area contributed by atoms with Gasteiger partial charge in [0.2, 0.25) is 0 Å². The first-order chi connectivity index (χ1) is 14.8. The third kappa shape index (κ3) is 4.89. The van der Waals surface area contributed by atoms with Crippen molar-refractivity contribution in [3.8, 4) is 17.0 Å². The van der Waals surface area contributed by atoms with Crippen LogP contribution in [0.2, 0.25) is 0 Å². The highest BCUT2D eigenvalue weighted by atomic mass is 19.4. The van der Waals surface area contributed by atoms with Crippen LogP contribution in [0.1, 0.15) is 47.1 Å². The van der Waals surface area contributed by atoms with Gasteiger partial charge in [0.15, 0.2) is 5.69 Å². The monoisotopic (exact) mass is 433 g/mol. The van der Waals surface area contributed by atoms with Gasteiger partial charge in [-0.05, 0) is 55.7 Å². The largest absolute Gasteiger partial charge is 0.497 e. The van der Waals surface area contributed by atoms with Crippen molar-refractivity contribution in [3.05, 3.63) is 53.5 Å². The highest BCUT2D eigenvalue weighted by molar-refractivity contribution is 5.93. The van der Waals surface area contributed by atoms with Crippen LogP contribution in [0.4, 0.5) is 13.2 Å². The number of aromatic amines is 1. The molecule has 1 aliphatic carbocycles. The van der Waals surface area contributed by atoms with E-state index in [1.807, 2.05) is 12.1 Å². The van der Waals surface area contributed by atoms with E-state index >= 15 is 0 Å². The lowest BCUT2D eigenvalue weighted by Crippen LogP contribution is -2.25. The number of amides is 1. The number of H-pyrrole nitrogens is 1. The van der Waals surface area contributed by atoms with Crippen LogP contribution < -0.4 is 10.1 Å². The first-order valence-corrected chi connectivity index (χ1v) is 9.98. The molecule has 1 aliphatic rings. The molecule has 0 aliphatic heterocycles. The van der Waals surface area contributed by atoms with Crippen LogP contribution >= 0.6 is 0 Å². The number of nitrogens with one attached hydrogen (secondary N) is 2. The Balaban J connectivity index is 1.31. The number of rotatable bonds is 8. The molecule has 0 unspecified atom stereocenters. The minimum atomic E-state index is -4.45. The Morgan fingerprint density at radius 3 is 2.65 bits per heavy atom. The maximum absolute atomic E-state index is 13.0. The van der Waals surface area contributed by atoms with Crippen LogP contribution in [-0.2, 0) is 12.7 Å². The SMILES string of the molecule is COc1ccc(-c2cc(C(=O)NCCCn3nc(C(F)(F)F)cc3C3CC3)[nH]n2)cc1. The molecule has 1 fully saturated rings. The van der Waals surface area contributed by atoms with Crippen molar-refractivity contribution in [2.45, 2.75) is 37.9 Å². The van der Waals surface area contributed by atoms with Crippen molar-refractivity contribution in [2.75, 3.05) is 13.7 Å². The maximum atomic E-state index is 13.0. The third-order valence-corrected chi connectivity index (χ3v) is 5.14. The van der Waals surface area contributed by atoms with E-state index in [1.165, 1.54) is 4.68 Å². The van der Waals surface area contributed by atoms with Gasteiger partial charge in [0.25, 0.3) is 5.91 Å². The molecule has 0 atom stereocenters. The molecule has 0 saturated heterocycles. The molecule has 1 aromatic carbocycles. The third-order valence-electron chi connectivity index (χ3n) is 5.14. The molecule has 1 amide bonds. The normalized spacial score (nSPS) is 13.9. The van der Waals surface area contributed by atoms with Gasteiger partial charge in [-0.1, -0.05) is 0 Å². The summed E-state index contributed by atoms with van der Waals surface area (Å²) in [7, 11) is 1.58. The van der Waals surface area contributed by atoms with Gasteiger partial charge >= 0.3 is 6.18 Å². The van der Waals surface area contributed by atoms with Gasteiger partial charge in [0, 0.05) is 30.3 Å². The summed E-state index contributed by atoms with van der Waals surface area (Å²) in [5.41, 5.74) is 1.53. The highest BCUT2D eigenvalue weighted by Gasteiger charge is 2.37. The molecule has 2 heterocycles. The number of benzene rings is 1. The first-order valence-electron chi connectivity index (χ1n) is 9.98. The van der Waals surface area contributed by atoms with Crippen molar-refractivity contribution in [3.63, 3.8) is 0 Å². The Morgan fingerprint density at radius 2 is 2.00 bits per heavy atom. The smallest absolute Gasteiger partial charge is 0.435 e. The van der Waals surface area contributed by atoms with Gasteiger partial charge in [0.1, 0.15) is 11.4 Å². The molecule has 2 N–H and O–H groups in total. The molecule has 2 aromatic heterocycles. The first kappa shape index (κ1) is 21.0. The number of ether oxygens (including phenoxy) is 1. The molecule has 4 rings (SSSR count). The topological polar surface area (TPSA) is 84.8 Å². The predicted molar refractivity (Wildman–Crippen MR) is 107 cm³/mol. The van der Waals surface area contributed by atoms with E-state index in [-0.39, 0.29) is 11.8 Å². The minimum absolute atomic E-state index is 0.152. The fraction of sp³-hybridized carbons (Fsp3) is 0.381. The number of halogens is 3. The molecule has 7 nitrogen and oxygen atoms in total. The molecule has 0 radical (unpaired) electrons. The summed E-state index contributed by atoms with van der Waals surface area (Å²) in [5, 5.41) is 13.3. The molecule has 0 spiro atoms. The van der Waals surface area contributed by atoms with Crippen LogP contribution in [0.15, 0.2) is 36.4 Å². The lowest BCUT2D eigenvalue weighted by atomic mass is 10.1. The van der Waals surface area contributed by atoms with Gasteiger partial charge in [-0.3, -0.25) is 14.6 Å².